The van der Waals surface area contributed by atoms with E-state index >= 15 is 0 Å². The van der Waals surface area contributed by atoms with Crippen LogP contribution in [-0.4, -0.2) is 15.8 Å². The van der Waals surface area contributed by atoms with Gasteiger partial charge in [0.05, 0.1) is 12.2 Å². The Bertz CT molecular complexity index is 578. The van der Waals surface area contributed by atoms with E-state index in [4.69, 9.17) is 0 Å². The molecule has 0 saturated heterocycles. The SMILES string of the molecule is Fc1ccc(Br)c(Cn2nccc2CNC2CC2)c1. The van der Waals surface area contributed by atoms with Crippen molar-refractivity contribution < 1.29 is 4.39 Å². The summed E-state index contributed by atoms with van der Waals surface area (Å²) in [6, 6.07) is 7.40. The fraction of sp³-hybridized carbons (Fsp3) is 0.357. The lowest BCUT2D eigenvalue weighted by Gasteiger charge is -2.10. The Hall–Kier alpha value is -1.20. The number of hydrogen-bond acceptors (Lipinski definition) is 2. The molecule has 1 fully saturated rings. The molecule has 0 radical (unpaired) electrons. The van der Waals surface area contributed by atoms with E-state index < -0.39 is 0 Å². The zero-order valence-corrected chi connectivity index (χ0v) is 12.0. The molecule has 1 saturated carbocycles. The average Bonchev–Trinajstić information content (AvgIpc) is 3.12. The second-order valence-electron chi connectivity index (χ2n) is 4.87. The number of benzene rings is 1. The summed E-state index contributed by atoms with van der Waals surface area (Å²) < 4.78 is 16.1. The molecule has 1 aromatic heterocycles. The van der Waals surface area contributed by atoms with Gasteiger partial charge in [-0.2, -0.15) is 5.10 Å². The molecule has 0 amide bonds. The molecule has 100 valence electrons. The van der Waals surface area contributed by atoms with Crippen LogP contribution in [0.25, 0.3) is 0 Å². The summed E-state index contributed by atoms with van der Waals surface area (Å²) in [5, 5.41) is 7.78. The van der Waals surface area contributed by atoms with Crippen molar-refractivity contribution >= 4 is 15.9 Å². The predicted molar refractivity (Wildman–Crippen MR) is 75.3 cm³/mol. The molecule has 1 N–H and O–H groups in total. The van der Waals surface area contributed by atoms with Gasteiger partial charge in [-0.05, 0) is 42.7 Å². The third-order valence-corrected chi connectivity index (χ3v) is 4.06. The van der Waals surface area contributed by atoms with Gasteiger partial charge in [0.25, 0.3) is 0 Å². The first kappa shape index (κ1) is 12.8. The fourth-order valence-electron chi connectivity index (χ4n) is 2.01. The van der Waals surface area contributed by atoms with Gasteiger partial charge in [0.2, 0.25) is 0 Å². The minimum atomic E-state index is -0.219. The molecule has 0 unspecified atom stereocenters. The largest absolute Gasteiger partial charge is 0.308 e. The van der Waals surface area contributed by atoms with Gasteiger partial charge < -0.3 is 5.32 Å². The highest BCUT2D eigenvalue weighted by Gasteiger charge is 2.20. The van der Waals surface area contributed by atoms with Crippen molar-refractivity contribution in [2.45, 2.75) is 32.0 Å². The maximum atomic E-state index is 13.3. The number of halogens is 2. The van der Waals surface area contributed by atoms with Crippen LogP contribution < -0.4 is 5.32 Å². The molecule has 0 bridgehead atoms. The number of aromatic nitrogens is 2. The maximum Gasteiger partial charge on any atom is 0.123 e. The fourth-order valence-corrected chi connectivity index (χ4v) is 2.39. The number of nitrogens with one attached hydrogen (secondary N) is 1. The summed E-state index contributed by atoms with van der Waals surface area (Å²) in [7, 11) is 0. The molecule has 0 spiro atoms. The number of nitrogens with zero attached hydrogens (tertiary/aromatic N) is 2. The molecule has 0 atom stereocenters. The van der Waals surface area contributed by atoms with Crippen LogP contribution >= 0.6 is 15.9 Å². The zero-order chi connectivity index (χ0) is 13.2. The maximum absolute atomic E-state index is 13.3. The van der Waals surface area contributed by atoms with Crippen LogP contribution in [0, 0.1) is 5.82 Å². The average molecular weight is 324 g/mol. The monoisotopic (exact) mass is 323 g/mol. The van der Waals surface area contributed by atoms with Crippen molar-refractivity contribution in [2.24, 2.45) is 0 Å². The number of rotatable bonds is 5. The molecule has 19 heavy (non-hydrogen) atoms. The van der Waals surface area contributed by atoms with Crippen LogP contribution in [0.5, 0.6) is 0 Å². The van der Waals surface area contributed by atoms with Gasteiger partial charge in [0.15, 0.2) is 0 Å². The summed E-state index contributed by atoms with van der Waals surface area (Å²) in [5.41, 5.74) is 2.03. The Labute approximate surface area is 119 Å². The van der Waals surface area contributed by atoms with Crippen molar-refractivity contribution in [3.8, 4) is 0 Å². The molecule has 0 aliphatic heterocycles. The Kier molecular flexibility index (Phi) is 3.66. The van der Waals surface area contributed by atoms with Crippen LogP contribution in [0.15, 0.2) is 34.9 Å². The van der Waals surface area contributed by atoms with E-state index in [9.17, 15) is 4.39 Å². The first-order chi connectivity index (χ1) is 9.22. The van der Waals surface area contributed by atoms with Crippen LogP contribution in [0.1, 0.15) is 24.1 Å². The molecule has 3 nitrogen and oxygen atoms in total. The molecule has 1 heterocycles. The van der Waals surface area contributed by atoms with E-state index in [0.717, 1.165) is 22.3 Å². The Morgan fingerprint density at radius 2 is 2.21 bits per heavy atom. The molecule has 1 aromatic carbocycles. The van der Waals surface area contributed by atoms with E-state index in [1.165, 1.54) is 18.9 Å². The minimum Gasteiger partial charge on any atom is -0.308 e. The highest BCUT2D eigenvalue weighted by Crippen LogP contribution is 2.21. The minimum absolute atomic E-state index is 0.219. The number of hydrogen-bond donors (Lipinski definition) is 1. The van der Waals surface area contributed by atoms with E-state index in [-0.39, 0.29) is 5.82 Å². The predicted octanol–water partition coefficient (Wildman–Crippen LogP) is 3.09. The van der Waals surface area contributed by atoms with Crippen molar-refractivity contribution in [1.29, 1.82) is 0 Å². The summed E-state index contributed by atoms with van der Waals surface area (Å²) in [4.78, 5) is 0. The Balaban J connectivity index is 1.74. The van der Waals surface area contributed by atoms with Gasteiger partial charge in [-0.1, -0.05) is 15.9 Å². The van der Waals surface area contributed by atoms with E-state index in [2.05, 4.69) is 26.3 Å². The third-order valence-electron chi connectivity index (χ3n) is 3.28. The second kappa shape index (κ2) is 5.43. The topological polar surface area (TPSA) is 29.9 Å². The summed E-state index contributed by atoms with van der Waals surface area (Å²) in [5.74, 6) is -0.219. The summed E-state index contributed by atoms with van der Waals surface area (Å²) in [6.07, 6.45) is 4.32. The molecule has 3 rings (SSSR count). The molecule has 2 aromatic rings. The quantitative estimate of drug-likeness (QED) is 0.916. The first-order valence-corrected chi connectivity index (χ1v) is 7.19. The summed E-state index contributed by atoms with van der Waals surface area (Å²) in [6.45, 7) is 1.39. The van der Waals surface area contributed by atoms with Gasteiger partial charge in [-0.3, -0.25) is 4.68 Å². The van der Waals surface area contributed by atoms with Crippen LogP contribution in [0.2, 0.25) is 0 Å². The normalized spacial score (nSPS) is 14.8. The lowest BCUT2D eigenvalue weighted by molar-refractivity contribution is 0.586. The molecule has 5 heteroatoms. The first-order valence-electron chi connectivity index (χ1n) is 6.40. The summed E-state index contributed by atoms with van der Waals surface area (Å²) >= 11 is 3.45. The van der Waals surface area contributed by atoms with Crippen LogP contribution in [0.3, 0.4) is 0 Å². The zero-order valence-electron chi connectivity index (χ0n) is 10.4. The Morgan fingerprint density at radius 1 is 1.37 bits per heavy atom. The van der Waals surface area contributed by atoms with Crippen LogP contribution in [0.4, 0.5) is 4.39 Å². The molecule has 1 aliphatic carbocycles. The third kappa shape index (κ3) is 3.22. The van der Waals surface area contributed by atoms with E-state index in [1.54, 1.807) is 18.3 Å². The molecular weight excluding hydrogens is 309 g/mol. The van der Waals surface area contributed by atoms with Crippen molar-refractivity contribution in [3.63, 3.8) is 0 Å². The smallest absolute Gasteiger partial charge is 0.123 e. The Morgan fingerprint density at radius 3 is 3.00 bits per heavy atom. The standard InChI is InChI=1S/C14H15BrFN3/c15-14-4-1-11(16)7-10(14)9-19-13(5-6-18-19)8-17-12-2-3-12/h1,4-7,12,17H,2-3,8-9H2. The van der Waals surface area contributed by atoms with Gasteiger partial charge in [0.1, 0.15) is 5.82 Å². The van der Waals surface area contributed by atoms with Gasteiger partial charge in [0, 0.05) is 23.3 Å². The van der Waals surface area contributed by atoms with Gasteiger partial charge in [-0.25, -0.2) is 4.39 Å². The highest BCUT2D eigenvalue weighted by molar-refractivity contribution is 9.10. The lowest BCUT2D eigenvalue weighted by Crippen LogP contribution is -2.19. The van der Waals surface area contributed by atoms with E-state index in [0.29, 0.717) is 12.6 Å². The molecule has 1 aliphatic rings. The van der Waals surface area contributed by atoms with Crippen molar-refractivity contribution in [1.82, 2.24) is 15.1 Å². The van der Waals surface area contributed by atoms with Crippen molar-refractivity contribution in [3.05, 3.63) is 52.0 Å². The lowest BCUT2D eigenvalue weighted by atomic mass is 10.2. The van der Waals surface area contributed by atoms with Gasteiger partial charge in [-0.15, -0.1) is 0 Å². The van der Waals surface area contributed by atoms with Gasteiger partial charge >= 0.3 is 0 Å². The molecular formula is C14H15BrFN3. The van der Waals surface area contributed by atoms with Crippen molar-refractivity contribution in [2.75, 3.05) is 0 Å². The van der Waals surface area contributed by atoms with Crippen LogP contribution in [-0.2, 0) is 13.1 Å². The highest BCUT2D eigenvalue weighted by atomic mass is 79.9. The van der Waals surface area contributed by atoms with E-state index in [1.807, 2.05) is 10.7 Å². The second-order valence-corrected chi connectivity index (χ2v) is 5.73.